The molecule has 1 aromatic carbocycles. The van der Waals surface area contributed by atoms with Crippen LogP contribution in [-0.2, 0) is 6.42 Å². The largest absolute Gasteiger partial charge is 0.306 e. The number of nitrogens with zero attached hydrogens (tertiary/aromatic N) is 2. The fourth-order valence-electron chi connectivity index (χ4n) is 2.52. The molecule has 0 radical (unpaired) electrons. The first-order valence-corrected chi connectivity index (χ1v) is 7.98. The molecule has 3 nitrogen and oxygen atoms in total. The summed E-state index contributed by atoms with van der Waals surface area (Å²) in [6, 6.07) is 4.78. The van der Waals surface area contributed by atoms with Crippen molar-refractivity contribution in [2.75, 3.05) is 6.54 Å². The molecular weight excluding hydrogens is 266 g/mol. The predicted molar refractivity (Wildman–Crippen MR) is 85.5 cm³/mol. The maximum atomic E-state index is 4.26. The molecule has 0 fully saturated rings. The van der Waals surface area contributed by atoms with Crippen LogP contribution in [0.2, 0.25) is 0 Å². The molecule has 0 aliphatic heterocycles. The molecule has 0 aliphatic carbocycles. The van der Waals surface area contributed by atoms with Crippen molar-refractivity contribution >= 4 is 11.5 Å². The molecule has 2 rings (SSSR count). The normalized spacial score (nSPS) is 12.7. The average Bonchev–Trinajstić information content (AvgIpc) is 2.88. The number of hydrogen-bond acceptors (Lipinski definition) is 4. The van der Waals surface area contributed by atoms with E-state index in [0.717, 1.165) is 18.7 Å². The molecule has 1 atom stereocenters. The lowest BCUT2D eigenvalue weighted by Crippen LogP contribution is -2.23. The third kappa shape index (κ3) is 2.91. The van der Waals surface area contributed by atoms with Crippen LogP contribution in [0.25, 0.3) is 0 Å². The molecular formula is C16H23N3S. The highest BCUT2D eigenvalue weighted by atomic mass is 32.1. The molecule has 0 saturated heterocycles. The van der Waals surface area contributed by atoms with E-state index in [0.29, 0.717) is 0 Å². The van der Waals surface area contributed by atoms with Gasteiger partial charge in [0.15, 0.2) is 0 Å². The van der Waals surface area contributed by atoms with Gasteiger partial charge in [-0.15, -0.1) is 5.10 Å². The van der Waals surface area contributed by atoms with E-state index in [9.17, 15) is 0 Å². The highest BCUT2D eigenvalue weighted by Crippen LogP contribution is 2.31. The molecule has 0 spiro atoms. The van der Waals surface area contributed by atoms with Gasteiger partial charge in [-0.1, -0.05) is 30.5 Å². The van der Waals surface area contributed by atoms with Gasteiger partial charge >= 0.3 is 0 Å². The molecule has 2 aromatic rings. The second-order valence-corrected chi connectivity index (χ2v) is 6.01. The SMILES string of the molecule is CCNC(c1cc(C)c(C)cc1C)c1snnc1CC. The summed E-state index contributed by atoms with van der Waals surface area (Å²) in [5.74, 6) is 0. The minimum Gasteiger partial charge on any atom is -0.306 e. The van der Waals surface area contributed by atoms with Crippen molar-refractivity contribution in [3.05, 3.63) is 45.0 Å². The Balaban J connectivity index is 2.51. The van der Waals surface area contributed by atoms with Crippen LogP contribution in [0.4, 0.5) is 0 Å². The third-order valence-corrected chi connectivity index (χ3v) is 4.62. The minimum atomic E-state index is 0.203. The van der Waals surface area contributed by atoms with Crippen molar-refractivity contribution < 1.29 is 0 Å². The molecule has 108 valence electrons. The smallest absolute Gasteiger partial charge is 0.0804 e. The fraction of sp³-hybridized carbons (Fsp3) is 0.500. The summed E-state index contributed by atoms with van der Waals surface area (Å²) in [7, 11) is 0. The zero-order chi connectivity index (χ0) is 14.7. The second kappa shape index (κ2) is 6.46. The summed E-state index contributed by atoms with van der Waals surface area (Å²) in [6.45, 7) is 11.7. The Morgan fingerprint density at radius 1 is 1.10 bits per heavy atom. The Kier molecular flexibility index (Phi) is 4.89. The Morgan fingerprint density at radius 2 is 1.80 bits per heavy atom. The van der Waals surface area contributed by atoms with Gasteiger partial charge in [-0.2, -0.15) is 0 Å². The van der Waals surface area contributed by atoms with Gasteiger partial charge in [-0.05, 0) is 67.5 Å². The van der Waals surface area contributed by atoms with Crippen molar-refractivity contribution in [2.45, 2.75) is 47.1 Å². The Hall–Kier alpha value is -1.26. The van der Waals surface area contributed by atoms with E-state index >= 15 is 0 Å². The Morgan fingerprint density at radius 3 is 2.45 bits per heavy atom. The summed E-state index contributed by atoms with van der Waals surface area (Å²) in [5, 5.41) is 7.86. The van der Waals surface area contributed by atoms with Crippen LogP contribution < -0.4 is 5.32 Å². The molecule has 0 amide bonds. The monoisotopic (exact) mass is 289 g/mol. The molecule has 1 aromatic heterocycles. The number of nitrogens with one attached hydrogen (secondary N) is 1. The lowest BCUT2D eigenvalue weighted by molar-refractivity contribution is 0.629. The van der Waals surface area contributed by atoms with Crippen molar-refractivity contribution in [3.63, 3.8) is 0 Å². The molecule has 0 bridgehead atoms. The first-order valence-electron chi connectivity index (χ1n) is 7.20. The van der Waals surface area contributed by atoms with Crippen LogP contribution in [0.3, 0.4) is 0 Å². The first-order chi connectivity index (χ1) is 9.58. The molecule has 1 unspecified atom stereocenters. The van der Waals surface area contributed by atoms with Crippen LogP contribution >= 0.6 is 11.5 Å². The van der Waals surface area contributed by atoms with Gasteiger partial charge in [-0.25, -0.2) is 0 Å². The minimum absolute atomic E-state index is 0.203. The van der Waals surface area contributed by atoms with Gasteiger partial charge < -0.3 is 5.32 Å². The molecule has 4 heteroatoms. The molecule has 1 heterocycles. The highest BCUT2D eigenvalue weighted by Gasteiger charge is 2.21. The average molecular weight is 289 g/mol. The summed E-state index contributed by atoms with van der Waals surface area (Å²) < 4.78 is 4.14. The zero-order valence-electron chi connectivity index (χ0n) is 12.9. The summed E-state index contributed by atoms with van der Waals surface area (Å²) in [4.78, 5) is 1.25. The quantitative estimate of drug-likeness (QED) is 0.911. The van der Waals surface area contributed by atoms with Crippen molar-refractivity contribution in [2.24, 2.45) is 0 Å². The van der Waals surface area contributed by atoms with E-state index in [1.165, 1.54) is 38.7 Å². The number of hydrogen-bond donors (Lipinski definition) is 1. The van der Waals surface area contributed by atoms with E-state index in [1.54, 1.807) is 0 Å². The van der Waals surface area contributed by atoms with Crippen LogP contribution in [0.1, 0.15) is 52.7 Å². The molecule has 1 N–H and O–H groups in total. The molecule has 0 saturated carbocycles. The van der Waals surface area contributed by atoms with Gasteiger partial charge in [0, 0.05) is 0 Å². The number of aryl methyl sites for hydroxylation is 4. The number of benzene rings is 1. The highest BCUT2D eigenvalue weighted by molar-refractivity contribution is 7.05. The van der Waals surface area contributed by atoms with E-state index in [4.69, 9.17) is 0 Å². The lowest BCUT2D eigenvalue weighted by atomic mass is 9.94. The van der Waals surface area contributed by atoms with E-state index in [2.05, 4.69) is 61.7 Å². The van der Waals surface area contributed by atoms with Crippen LogP contribution in [-0.4, -0.2) is 16.1 Å². The molecule has 20 heavy (non-hydrogen) atoms. The Bertz CT molecular complexity index is 589. The number of rotatable bonds is 5. The predicted octanol–water partition coefficient (Wildman–Crippen LogP) is 3.72. The fourth-order valence-corrected chi connectivity index (χ4v) is 3.36. The summed E-state index contributed by atoms with van der Waals surface area (Å²) >= 11 is 1.51. The van der Waals surface area contributed by atoms with Crippen molar-refractivity contribution in [1.29, 1.82) is 0 Å². The van der Waals surface area contributed by atoms with E-state index in [-0.39, 0.29) is 6.04 Å². The number of aromatic nitrogens is 2. The summed E-state index contributed by atoms with van der Waals surface area (Å²) in [5.41, 5.74) is 6.47. The standard InChI is InChI=1S/C16H23N3S/c1-6-14-16(20-19-18-14)15(17-7-2)13-9-11(4)10(3)8-12(13)5/h8-9,15,17H,6-7H2,1-5H3. The topological polar surface area (TPSA) is 37.8 Å². The second-order valence-electron chi connectivity index (χ2n) is 5.22. The van der Waals surface area contributed by atoms with Gasteiger partial charge in [0.25, 0.3) is 0 Å². The maximum absolute atomic E-state index is 4.26. The van der Waals surface area contributed by atoms with E-state index in [1.807, 2.05) is 0 Å². The van der Waals surface area contributed by atoms with Gasteiger partial charge in [0.2, 0.25) is 0 Å². The van der Waals surface area contributed by atoms with Crippen molar-refractivity contribution in [1.82, 2.24) is 14.9 Å². The third-order valence-electron chi connectivity index (χ3n) is 3.78. The Labute approximate surface area is 125 Å². The van der Waals surface area contributed by atoms with E-state index < -0.39 is 0 Å². The van der Waals surface area contributed by atoms with Crippen LogP contribution in [0.15, 0.2) is 12.1 Å². The first kappa shape index (κ1) is 15.1. The van der Waals surface area contributed by atoms with Crippen LogP contribution in [0.5, 0.6) is 0 Å². The lowest BCUT2D eigenvalue weighted by Gasteiger charge is -2.21. The maximum Gasteiger partial charge on any atom is 0.0804 e. The van der Waals surface area contributed by atoms with Crippen LogP contribution in [0, 0.1) is 20.8 Å². The molecule has 0 aliphatic rings. The zero-order valence-corrected chi connectivity index (χ0v) is 13.8. The van der Waals surface area contributed by atoms with Gasteiger partial charge in [0.1, 0.15) is 0 Å². The van der Waals surface area contributed by atoms with Gasteiger partial charge in [-0.3, -0.25) is 0 Å². The summed E-state index contributed by atoms with van der Waals surface area (Å²) in [6.07, 6.45) is 0.928. The van der Waals surface area contributed by atoms with Crippen molar-refractivity contribution in [3.8, 4) is 0 Å². The van der Waals surface area contributed by atoms with Gasteiger partial charge in [0.05, 0.1) is 16.6 Å².